The average molecular weight is 367 g/mol. The molecule has 7 heteroatoms. The fourth-order valence-electron chi connectivity index (χ4n) is 2.29. The molecule has 24 heavy (non-hydrogen) atoms. The van der Waals surface area contributed by atoms with E-state index in [0.29, 0.717) is 46.1 Å². The fraction of sp³-hybridized carbons (Fsp3) is 0.235. The van der Waals surface area contributed by atoms with E-state index < -0.39 is 0 Å². The van der Waals surface area contributed by atoms with Crippen LogP contribution in [0.25, 0.3) is 0 Å². The summed E-state index contributed by atoms with van der Waals surface area (Å²) in [4.78, 5) is 12.1. The summed E-state index contributed by atoms with van der Waals surface area (Å²) in [5.74, 6) is 0.898. The van der Waals surface area contributed by atoms with Gasteiger partial charge in [0, 0.05) is 12.1 Å². The molecule has 0 aromatic heterocycles. The topological polar surface area (TPSA) is 59.6 Å². The second-order valence-corrected chi connectivity index (χ2v) is 6.18. The molecule has 1 aliphatic rings. The van der Waals surface area contributed by atoms with Gasteiger partial charge in [-0.2, -0.15) is 0 Å². The number of ether oxygens (including phenoxy) is 2. The van der Waals surface area contributed by atoms with Gasteiger partial charge in [0.15, 0.2) is 11.5 Å². The Balaban J connectivity index is 1.64. The molecule has 2 aromatic carbocycles. The van der Waals surface area contributed by atoms with Gasteiger partial charge in [0.2, 0.25) is 5.91 Å². The lowest BCUT2D eigenvalue weighted by atomic mass is 10.2. The zero-order valence-corrected chi connectivity index (χ0v) is 14.5. The van der Waals surface area contributed by atoms with Crippen LogP contribution in [0.3, 0.4) is 0 Å². The largest absolute Gasteiger partial charge is 0.486 e. The summed E-state index contributed by atoms with van der Waals surface area (Å²) in [5, 5.41) is 6.71. The normalized spacial score (nSPS) is 12.6. The summed E-state index contributed by atoms with van der Waals surface area (Å²) < 4.78 is 10.9. The van der Waals surface area contributed by atoms with Crippen LogP contribution in [0.4, 0.5) is 11.4 Å². The number of nitrogens with one attached hydrogen (secondary N) is 2. The molecule has 0 bridgehead atoms. The maximum absolute atomic E-state index is 12.1. The van der Waals surface area contributed by atoms with Crippen LogP contribution in [-0.4, -0.2) is 25.7 Å². The van der Waals surface area contributed by atoms with E-state index in [-0.39, 0.29) is 12.5 Å². The molecule has 0 unspecified atom stereocenters. The minimum absolute atomic E-state index is 0.0630. The highest BCUT2D eigenvalue weighted by molar-refractivity contribution is 6.34. The Bertz CT molecular complexity index is 781. The number of amides is 1. The maximum Gasteiger partial charge on any atom is 0.243 e. The molecule has 0 atom stereocenters. The van der Waals surface area contributed by atoms with Gasteiger partial charge in [0.05, 0.1) is 28.0 Å². The number of fused-ring (bicyclic) bond motifs is 1. The first-order valence-corrected chi connectivity index (χ1v) is 8.17. The number of benzene rings is 2. The zero-order chi connectivity index (χ0) is 17.1. The van der Waals surface area contributed by atoms with E-state index >= 15 is 0 Å². The molecule has 1 heterocycles. The minimum atomic E-state index is -0.245. The summed E-state index contributed by atoms with van der Waals surface area (Å²) in [6, 6.07) is 8.88. The number of halogens is 2. The molecule has 0 spiro atoms. The fourth-order valence-corrected chi connectivity index (χ4v) is 2.80. The predicted molar refractivity (Wildman–Crippen MR) is 95.8 cm³/mol. The summed E-state index contributed by atoms with van der Waals surface area (Å²) in [6.45, 7) is 2.96. The van der Waals surface area contributed by atoms with Crippen LogP contribution >= 0.6 is 23.2 Å². The van der Waals surface area contributed by atoms with Crippen molar-refractivity contribution in [1.82, 2.24) is 0 Å². The van der Waals surface area contributed by atoms with Gasteiger partial charge in [-0.25, -0.2) is 0 Å². The maximum atomic E-state index is 12.1. The average Bonchev–Trinajstić information content (AvgIpc) is 2.55. The molecule has 0 saturated carbocycles. The third kappa shape index (κ3) is 3.86. The lowest BCUT2D eigenvalue weighted by Crippen LogP contribution is -2.22. The Hall–Kier alpha value is -2.11. The lowest BCUT2D eigenvalue weighted by Gasteiger charge is -2.20. The van der Waals surface area contributed by atoms with E-state index in [4.69, 9.17) is 32.7 Å². The Morgan fingerprint density at radius 1 is 1.04 bits per heavy atom. The highest BCUT2D eigenvalue weighted by Gasteiger charge is 2.16. The first kappa shape index (κ1) is 16.7. The van der Waals surface area contributed by atoms with Crippen LogP contribution in [-0.2, 0) is 4.79 Å². The number of carbonyl (C=O) groups excluding carboxylic acids is 1. The molecule has 2 N–H and O–H groups in total. The molecular formula is C17H16Cl2N2O3. The van der Waals surface area contributed by atoms with E-state index in [2.05, 4.69) is 10.6 Å². The van der Waals surface area contributed by atoms with Crippen molar-refractivity contribution in [2.75, 3.05) is 30.4 Å². The molecule has 3 rings (SSSR count). The molecule has 0 fully saturated rings. The van der Waals surface area contributed by atoms with Crippen molar-refractivity contribution in [1.29, 1.82) is 0 Å². The van der Waals surface area contributed by atoms with Gasteiger partial charge in [0.25, 0.3) is 0 Å². The van der Waals surface area contributed by atoms with Crippen molar-refractivity contribution in [3.05, 3.63) is 45.9 Å². The Labute approximate surface area is 149 Å². The van der Waals surface area contributed by atoms with Crippen LogP contribution in [0.2, 0.25) is 10.0 Å². The van der Waals surface area contributed by atoms with Crippen LogP contribution in [0.15, 0.2) is 30.3 Å². The zero-order valence-electron chi connectivity index (χ0n) is 13.0. The van der Waals surface area contributed by atoms with Gasteiger partial charge in [0.1, 0.15) is 13.2 Å². The molecule has 2 aromatic rings. The second kappa shape index (κ2) is 7.20. The number of hydrogen-bond donors (Lipinski definition) is 2. The molecular weight excluding hydrogens is 351 g/mol. The van der Waals surface area contributed by atoms with Crippen LogP contribution in [0.5, 0.6) is 11.5 Å². The van der Waals surface area contributed by atoms with Crippen molar-refractivity contribution < 1.29 is 14.3 Å². The van der Waals surface area contributed by atoms with Crippen molar-refractivity contribution in [3.63, 3.8) is 0 Å². The lowest BCUT2D eigenvalue weighted by molar-refractivity contribution is -0.114. The van der Waals surface area contributed by atoms with Gasteiger partial charge < -0.3 is 20.1 Å². The van der Waals surface area contributed by atoms with Gasteiger partial charge in [-0.1, -0.05) is 29.3 Å². The number of rotatable bonds is 4. The Morgan fingerprint density at radius 2 is 1.71 bits per heavy atom. The van der Waals surface area contributed by atoms with Crippen molar-refractivity contribution in [3.8, 4) is 11.5 Å². The van der Waals surface area contributed by atoms with Crippen LogP contribution in [0.1, 0.15) is 5.56 Å². The SMILES string of the molecule is Cc1ccc(NCC(=O)Nc2cc3c(cc2Cl)OCCO3)c(Cl)c1. The minimum Gasteiger partial charge on any atom is -0.486 e. The van der Waals surface area contributed by atoms with Gasteiger partial charge in [-0.15, -0.1) is 0 Å². The van der Waals surface area contributed by atoms with Crippen molar-refractivity contribution in [2.45, 2.75) is 6.92 Å². The van der Waals surface area contributed by atoms with Gasteiger partial charge in [-0.05, 0) is 24.6 Å². The van der Waals surface area contributed by atoms with E-state index in [1.807, 2.05) is 25.1 Å². The number of carbonyl (C=O) groups is 1. The first-order valence-electron chi connectivity index (χ1n) is 7.42. The van der Waals surface area contributed by atoms with Gasteiger partial charge >= 0.3 is 0 Å². The second-order valence-electron chi connectivity index (χ2n) is 5.36. The molecule has 5 nitrogen and oxygen atoms in total. The molecule has 126 valence electrons. The van der Waals surface area contributed by atoms with Gasteiger partial charge in [-0.3, -0.25) is 4.79 Å². The van der Waals surface area contributed by atoms with E-state index in [0.717, 1.165) is 5.56 Å². The summed E-state index contributed by atoms with van der Waals surface area (Å²) in [5.41, 5.74) is 2.23. The summed E-state index contributed by atoms with van der Waals surface area (Å²) in [6.07, 6.45) is 0. The first-order chi connectivity index (χ1) is 11.5. The molecule has 0 radical (unpaired) electrons. The van der Waals surface area contributed by atoms with Crippen molar-refractivity contribution >= 4 is 40.5 Å². The monoisotopic (exact) mass is 366 g/mol. The highest BCUT2D eigenvalue weighted by atomic mass is 35.5. The van der Waals surface area contributed by atoms with E-state index in [1.165, 1.54) is 0 Å². The Kier molecular flexibility index (Phi) is 5.02. The molecule has 0 saturated heterocycles. The molecule has 1 amide bonds. The standard InChI is InChI=1S/C17H16Cl2N2O3/c1-10-2-3-13(11(18)6-10)20-9-17(22)21-14-8-16-15(7-12(14)19)23-4-5-24-16/h2-3,6-8,20H,4-5,9H2,1H3,(H,21,22). The van der Waals surface area contributed by atoms with E-state index in [9.17, 15) is 4.79 Å². The predicted octanol–water partition coefficient (Wildman–Crippen LogP) is 4.12. The van der Waals surface area contributed by atoms with Crippen LogP contribution < -0.4 is 20.1 Å². The number of anilines is 2. The van der Waals surface area contributed by atoms with Crippen molar-refractivity contribution in [2.24, 2.45) is 0 Å². The number of aryl methyl sites for hydroxylation is 1. The summed E-state index contributed by atoms with van der Waals surface area (Å²) in [7, 11) is 0. The van der Waals surface area contributed by atoms with E-state index in [1.54, 1.807) is 12.1 Å². The number of hydrogen-bond acceptors (Lipinski definition) is 4. The third-order valence-electron chi connectivity index (χ3n) is 3.47. The smallest absolute Gasteiger partial charge is 0.243 e. The third-order valence-corrected chi connectivity index (χ3v) is 4.10. The molecule has 1 aliphatic heterocycles. The molecule has 0 aliphatic carbocycles. The summed E-state index contributed by atoms with van der Waals surface area (Å²) >= 11 is 12.3. The Morgan fingerprint density at radius 3 is 2.42 bits per heavy atom. The highest BCUT2D eigenvalue weighted by Crippen LogP contribution is 2.37. The van der Waals surface area contributed by atoms with Crippen LogP contribution in [0, 0.1) is 6.92 Å². The quantitative estimate of drug-likeness (QED) is 0.854.